The van der Waals surface area contributed by atoms with Crippen molar-refractivity contribution in [3.63, 3.8) is 0 Å². The second kappa shape index (κ2) is 6.90. The van der Waals surface area contributed by atoms with Crippen LogP contribution in [0.2, 0.25) is 0 Å². The highest BCUT2D eigenvalue weighted by Crippen LogP contribution is 2.26. The van der Waals surface area contributed by atoms with Gasteiger partial charge in [0.25, 0.3) is 0 Å². The number of hydrogen-bond acceptors (Lipinski definition) is 2. The predicted octanol–water partition coefficient (Wildman–Crippen LogP) is 4.07. The van der Waals surface area contributed by atoms with Crippen molar-refractivity contribution in [3.8, 4) is 5.75 Å². The van der Waals surface area contributed by atoms with Crippen molar-refractivity contribution in [3.05, 3.63) is 29.6 Å². The van der Waals surface area contributed by atoms with Gasteiger partial charge in [0.1, 0.15) is 11.6 Å². The Morgan fingerprint density at radius 3 is 2.68 bits per heavy atom. The first-order chi connectivity index (χ1) is 9.20. The lowest BCUT2D eigenvalue weighted by Crippen LogP contribution is -2.16. The molecule has 1 N–H and O–H groups in total. The molecular weight excluding hydrogens is 241 g/mol. The molecule has 1 fully saturated rings. The summed E-state index contributed by atoms with van der Waals surface area (Å²) >= 11 is 0. The second-order valence-corrected chi connectivity index (χ2v) is 5.51. The largest absolute Gasteiger partial charge is 0.493 e. The van der Waals surface area contributed by atoms with Crippen LogP contribution in [0.1, 0.15) is 50.6 Å². The first-order valence-electron chi connectivity index (χ1n) is 7.30. The molecule has 0 radical (unpaired) electrons. The Morgan fingerprint density at radius 1 is 1.32 bits per heavy atom. The lowest BCUT2D eigenvalue weighted by atomic mass is 9.90. The fourth-order valence-electron chi connectivity index (χ4n) is 2.67. The first-order valence-corrected chi connectivity index (χ1v) is 7.30. The molecule has 0 saturated heterocycles. The summed E-state index contributed by atoms with van der Waals surface area (Å²) < 4.78 is 19.7. The molecule has 1 aliphatic carbocycles. The van der Waals surface area contributed by atoms with Crippen molar-refractivity contribution in [1.29, 1.82) is 0 Å². The smallest absolute Gasteiger partial charge is 0.131 e. The van der Waals surface area contributed by atoms with Crippen molar-refractivity contribution in [1.82, 2.24) is 5.32 Å². The molecule has 1 aromatic rings. The molecule has 106 valence electrons. The van der Waals surface area contributed by atoms with E-state index in [1.807, 2.05) is 26.1 Å². The summed E-state index contributed by atoms with van der Waals surface area (Å²) in [4.78, 5) is 0. The van der Waals surface area contributed by atoms with Gasteiger partial charge in [0.05, 0.1) is 6.61 Å². The van der Waals surface area contributed by atoms with Crippen LogP contribution in [0.25, 0.3) is 0 Å². The average Bonchev–Trinajstić information content (AvgIpc) is 2.45. The summed E-state index contributed by atoms with van der Waals surface area (Å²) in [7, 11) is 1.83. The maximum absolute atomic E-state index is 13.9. The van der Waals surface area contributed by atoms with Gasteiger partial charge in [-0.25, -0.2) is 4.39 Å². The van der Waals surface area contributed by atoms with Crippen LogP contribution < -0.4 is 10.1 Å². The van der Waals surface area contributed by atoms with Gasteiger partial charge in [-0.1, -0.05) is 25.3 Å². The van der Waals surface area contributed by atoms with Crippen LogP contribution in [0.5, 0.6) is 5.75 Å². The van der Waals surface area contributed by atoms with Gasteiger partial charge in [0.2, 0.25) is 0 Å². The van der Waals surface area contributed by atoms with Crippen molar-refractivity contribution in [2.24, 2.45) is 5.92 Å². The van der Waals surface area contributed by atoms with Crippen LogP contribution in [0, 0.1) is 11.7 Å². The van der Waals surface area contributed by atoms with E-state index in [9.17, 15) is 4.39 Å². The second-order valence-electron chi connectivity index (χ2n) is 5.51. The fourth-order valence-corrected chi connectivity index (χ4v) is 2.67. The zero-order chi connectivity index (χ0) is 13.7. The summed E-state index contributed by atoms with van der Waals surface area (Å²) in [6.07, 6.45) is 6.46. The molecule has 1 atom stereocenters. The Morgan fingerprint density at radius 2 is 2.05 bits per heavy atom. The highest BCUT2D eigenvalue weighted by atomic mass is 19.1. The molecule has 0 aliphatic heterocycles. The summed E-state index contributed by atoms with van der Waals surface area (Å²) in [6, 6.07) is 5.21. The standard InChI is InChI=1S/C16H24FNO/c1-12(18-2)15-9-8-14(10-16(15)17)19-11-13-6-4-3-5-7-13/h8-10,12-13,18H,3-7,11H2,1-2H3. The van der Waals surface area contributed by atoms with Crippen LogP contribution >= 0.6 is 0 Å². The monoisotopic (exact) mass is 265 g/mol. The summed E-state index contributed by atoms with van der Waals surface area (Å²) in [5.74, 6) is 1.10. The van der Waals surface area contributed by atoms with Crippen LogP contribution in [0.3, 0.4) is 0 Å². The number of halogens is 1. The SMILES string of the molecule is CNC(C)c1ccc(OCC2CCCCC2)cc1F. The van der Waals surface area contributed by atoms with Gasteiger partial charge in [-0.2, -0.15) is 0 Å². The van der Waals surface area contributed by atoms with Gasteiger partial charge >= 0.3 is 0 Å². The molecule has 1 aliphatic rings. The molecule has 2 rings (SSSR count). The van der Waals surface area contributed by atoms with E-state index in [4.69, 9.17) is 4.74 Å². The topological polar surface area (TPSA) is 21.3 Å². The van der Waals surface area contributed by atoms with Crippen LogP contribution in [0.4, 0.5) is 4.39 Å². The van der Waals surface area contributed by atoms with Gasteiger partial charge in [-0.3, -0.25) is 0 Å². The summed E-state index contributed by atoms with van der Waals surface area (Å²) in [6.45, 7) is 2.67. The van der Waals surface area contributed by atoms with Crippen molar-refractivity contribution in [2.75, 3.05) is 13.7 Å². The van der Waals surface area contributed by atoms with Crippen LogP contribution in [0.15, 0.2) is 18.2 Å². The molecule has 0 bridgehead atoms. The van der Waals surface area contributed by atoms with Crippen LogP contribution in [-0.4, -0.2) is 13.7 Å². The first kappa shape index (κ1) is 14.3. The molecule has 19 heavy (non-hydrogen) atoms. The van der Waals surface area contributed by atoms with E-state index in [0.29, 0.717) is 17.2 Å². The molecule has 1 saturated carbocycles. The summed E-state index contributed by atoms with van der Waals surface area (Å²) in [5, 5.41) is 3.04. The molecule has 2 nitrogen and oxygen atoms in total. The highest BCUT2D eigenvalue weighted by Gasteiger charge is 2.15. The Labute approximate surface area is 115 Å². The number of ether oxygens (including phenoxy) is 1. The van der Waals surface area contributed by atoms with Gasteiger partial charge < -0.3 is 10.1 Å². The maximum atomic E-state index is 13.9. The van der Waals surface area contributed by atoms with Gasteiger partial charge in [0.15, 0.2) is 0 Å². The number of benzene rings is 1. The molecule has 0 amide bonds. The van der Waals surface area contributed by atoms with E-state index in [-0.39, 0.29) is 11.9 Å². The molecule has 0 heterocycles. The zero-order valence-corrected chi connectivity index (χ0v) is 11.9. The molecule has 1 aromatic carbocycles. The Hall–Kier alpha value is -1.09. The lowest BCUT2D eigenvalue weighted by Gasteiger charge is -2.22. The minimum absolute atomic E-state index is 0.0207. The molecule has 0 spiro atoms. The maximum Gasteiger partial charge on any atom is 0.131 e. The Balaban J connectivity index is 1.92. The molecule has 0 aromatic heterocycles. The number of nitrogens with one attached hydrogen (secondary N) is 1. The van der Waals surface area contributed by atoms with E-state index in [2.05, 4.69) is 5.32 Å². The zero-order valence-electron chi connectivity index (χ0n) is 11.9. The predicted molar refractivity (Wildman–Crippen MR) is 75.9 cm³/mol. The lowest BCUT2D eigenvalue weighted by molar-refractivity contribution is 0.208. The molecule has 1 unspecified atom stereocenters. The highest BCUT2D eigenvalue weighted by molar-refractivity contribution is 5.30. The van der Waals surface area contributed by atoms with E-state index in [1.54, 1.807) is 0 Å². The number of rotatable bonds is 5. The average molecular weight is 265 g/mol. The van der Waals surface area contributed by atoms with E-state index < -0.39 is 0 Å². The van der Waals surface area contributed by atoms with E-state index in [0.717, 1.165) is 6.61 Å². The minimum Gasteiger partial charge on any atom is -0.493 e. The van der Waals surface area contributed by atoms with E-state index >= 15 is 0 Å². The van der Waals surface area contributed by atoms with Gasteiger partial charge in [-0.15, -0.1) is 0 Å². The third-order valence-corrected chi connectivity index (χ3v) is 4.08. The molecule has 3 heteroatoms. The third-order valence-electron chi connectivity index (χ3n) is 4.08. The summed E-state index contributed by atoms with van der Waals surface area (Å²) in [5.41, 5.74) is 0.688. The van der Waals surface area contributed by atoms with E-state index in [1.165, 1.54) is 38.2 Å². The van der Waals surface area contributed by atoms with Gasteiger partial charge in [-0.05, 0) is 38.8 Å². The third kappa shape index (κ3) is 3.93. The van der Waals surface area contributed by atoms with Crippen molar-refractivity contribution < 1.29 is 9.13 Å². The van der Waals surface area contributed by atoms with Crippen LogP contribution in [-0.2, 0) is 0 Å². The number of hydrogen-bond donors (Lipinski definition) is 1. The molecular formula is C16H24FNO. The minimum atomic E-state index is -0.192. The van der Waals surface area contributed by atoms with Crippen molar-refractivity contribution in [2.45, 2.75) is 45.1 Å². The quantitative estimate of drug-likeness (QED) is 0.866. The van der Waals surface area contributed by atoms with Crippen molar-refractivity contribution >= 4 is 0 Å². The normalized spacial score (nSPS) is 18.3. The Kier molecular flexibility index (Phi) is 5.20. The Bertz CT molecular complexity index is 402. The van der Waals surface area contributed by atoms with Gasteiger partial charge in [0, 0.05) is 17.7 Å². The fraction of sp³-hybridized carbons (Fsp3) is 0.625.